The van der Waals surface area contributed by atoms with Crippen LogP contribution in [0.3, 0.4) is 0 Å². The van der Waals surface area contributed by atoms with Gasteiger partial charge in [0.25, 0.3) is 0 Å². The predicted octanol–water partition coefficient (Wildman–Crippen LogP) is 4.13. The second-order valence-corrected chi connectivity index (χ2v) is 9.71. The summed E-state index contributed by atoms with van der Waals surface area (Å²) in [4.78, 5) is 33.8. The number of likely N-dealkylation sites (N-methyl/N-ethyl adjacent to an activating group) is 1. The van der Waals surface area contributed by atoms with E-state index in [2.05, 4.69) is 60.7 Å². The molecule has 1 aliphatic heterocycles. The lowest BCUT2D eigenvalue weighted by Crippen LogP contribution is -2.53. The number of benzene rings is 2. The Labute approximate surface area is 213 Å². The molecule has 0 aliphatic carbocycles. The number of pyridine rings is 1. The van der Waals surface area contributed by atoms with Crippen molar-refractivity contribution in [1.29, 1.82) is 0 Å². The number of rotatable bonds is 8. The molecule has 2 aromatic carbocycles. The Morgan fingerprint density at radius 2 is 1.78 bits per heavy atom. The fourth-order valence-electron chi connectivity index (χ4n) is 4.51. The van der Waals surface area contributed by atoms with Gasteiger partial charge in [0, 0.05) is 26.2 Å². The van der Waals surface area contributed by atoms with E-state index in [1.54, 1.807) is 17.2 Å². The average molecular weight is 486 g/mol. The number of anilines is 2. The van der Waals surface area contributed by atoms with E-state index in [-0.39, 0.29) is 23.8 Å². The van der Waals surface area contributed by atoms with E-state index in [9.17, 15) is 9.59 Å². The van der Waals surface area contributed by atoms with E-state index in [4.69, 9.17) is 0 Å². The topological polar surface area (TPSA) is 77.6 Å². The van der Waals surface area contributed by atoms with E-state index in [1.807, 2.05) is 48.3 Å². The largest absolute Gasteiger partial charge is 0.356 e. The number of amides is 2. The summed E-state index contributed by atoms with van der Waals surface area (Å²) in [5, 5.41) is 6.42. The average Bonchev–Trinajstić information content (AvgIpc) is 2.88. The zero-order chi connectivity index (χ0) is 25.7. The highest BCUT2D eigenvalue weighted by Crippen LogP contribution is 2.23. The number of nitrogens with one attached hydrogen (secondary N) is 2. The van der Waals surface area contributed by atoms with Crippen molar-refractivity contribution in [1.82, 2.24) is 15.2 Å². The van der Waals surface area contributed by atoms with Crippen LogP contribution in [0.25, 0.3) is 0 Å². The number of carbonyl (C=O) groups excluding carboxylic acids is 2. The highest BCUT2D eigenvalue weighted by Gasteiger charge is 2.27. The molecule has 2 amide bonds. The maximum absolute atomic E-state index is 13.4. The molecule has 1 saturated heterocycles. The molecule has 0 bridgehead atoms. The Kier molecular flexibility index (Phi) is 8.00. The van der Waals surface area contributed by atoms with Crippen LogP contribution in [0, 0.1) is 6.92 Å². The molecule has 0 radical (unpaired) electrons. The standard InChI is InChI=1S/C29H35N5O2/c1-20-10-12-23(13-11-20)21(2)16-31-28(24-8-6-5-7-9-24)29(36)32-26-15-14-25(17-30-26)34-19-27(35)33(4)18-22(34)3/h5-15,17,21-22,28,31H,16,18-19H2,1-4H3,(H,30,32,36)/t21-,22+,28+/m1/s1. The van der Waals surface area contributed by atoms with Gasteiger partial charge in [-0.3, -0.25) is 9.59 Å². The number of nitrogens with zero attached hydrogens (tertiary/aromatic N) is 3. The van der Waals surface area contributed by atoms with Crippen LogP contribution in [0.4, 0.5) is 11.5 Å². The predicted molar refractivity (Wildman–Crippen MR) is 144 cm³/mol. The SMILES string of the molecule is Cc1ccc([C@H](C)CN[C@H](C(=O)Nc2ccc(N3CC(=O)N(C)C[C@@H]3C)cn2)c2ccccc2)cc1. The fraction of sp³-hybridized carbons (Fsp3) is 0.345. The Morgan fingerprint density at radius 3 is 2.44 bits per heavy atom. The Bertz CT molecular complexity index is 1160. The molecule has 2 N–H and O–H groups in total. The Morgan fingerprint density at radius 1 is 1.06 bits per heavy atom. The number of piperazine rings is 1. The molecule has 0 unspecified atom stereocenters. The number of hydrogen-bond donors (Lipinski definition) is 2. The van der Waals surface area contributed by atoms with Crippen molar-refractivity contribution in [3.63, 3.8) is 0 Å². The van der Waals surface area contributed by atoms with Crippen LogP contribution >= 0.6 is 0 Å². The summed E-state index contributed by atoms with van der Waals surface area (Å²) >= 11 is 0. The monoisotopic (exact) mass is 485 g/mol. The van der Waals surface area contributed by atoms with Gasteiger partial charge in [-0.15, -0.1) is 0 Å². The van der Waals surface area contributed by atoms with Crippen molar-refractivity contribution in [2.24, 2.45) is 0 Å². The molecule has 1 aromatic heterocycles. The van der Waals surface area contributed by atoms with E-state index < -0.39 is 6.04 Å². The molecule has 0 saturated carbocycles. The summed E-state index contributed by atoms with van der Waals surface area (Å²) in [5.41, 5.74) is 4.22. The first-order valence-electron chi connectivity index (χ1n) is 12.4. The third-order valence-corrected chi connectivity index (χ3v) is 6.80. The molecule has 1 fully saturated rings. The van der Waals surface area contributed by atoms with Crippen LogP contribution in [-0.2, 0) is 9.59 Å². The van der Waals surface area contributed by atoms with Crippen LogP contribution in [0.1, 0.15) is 42.5 Å². The van der Waals surface area contributed by atoms with E-state index >= 15 is 0 Å². The lowest BCUT2D eigenvalue weighted by molar-refractivity contribution is -0.130. The lowest BCUT2D eigenvalue weighted by atomic mass is 9.98. The van der Waals surface area contributed by atoms with Crippen LogP contribution in [0.15, 0.2) is 72.9 Å². The van der Waals surface area contributed by atoms with E-state index in [0.717, 1.165) is 11.3 Å². The van der Waals surface area contributed by atoms with Crippen molar-refractivity contribution >= 4 is 23.3 Å². The molecule has 188 valence electrons. The first-order valence-corrected chi connectivity index (χ1v) is 12.4. The molecular weight excluding hydrogens is 450 g/mol. The minimum Gasteiger partial charge on any atom is -0.356 e. The molecule has 3 aromatic rings. The molecule has 36 heavy (non-hydrogen) atoms. The lowest BCUT2D eigenvalue weighted by Gasteiger charge is -2.39. The van der Waals surface area contributed by atoms with Crippen molar-refractivity contribution < 1.29 is 9.59 Å². The van der Waals surface area contributed by atoms with Crippen molar-refractivity contribution in [2.45, 2.75) is 38.8 Å². The molecule has 1 aliphatic rings. The summed E-state index contributed by atoms with van der Waals surface area (Å²) in [6.07, 6.45) is 1.72. The maximum Gasteiger partial charge on any atom is 0.247 e. The summed E-state index contributed by atoms with van der Waals surface area (Å²) in [5.74, 6) is 0.643. The van der Waals surface area contributed by atoms with Crippen molar-refractivity contribution in [2.75, 3.05) is 36.9 Å². The second-order valence-electron chi connectivity index (χ2n) is 9.71. The molecule has 4 rings (SSSR count). The van der Waals surface area contributed by atoms with Gasteiger partial charge in [-0.05, 0) is 43.0 Å². The van der Waals surface area contributed by atoms with Crippen LogP contribution in [0.5, 0.6) is 0 Å². The zero-order valence-electron chi connectivity index (χ0n) is 21.4. The van der Waals surface area contributed by atoms with Gasteiger partial charge in [-0.2, -0.15) is 0 Å². The molecule has 0 spiro atoms. The van der Waals surface area contributed by atoms with Crippen molar-refractivity contribution in [3.05, 3.63) is 89.6 Å². The number of aromatic nitrogens is 1. The van der Waals surface area contributed by atoms with Crippen LogP contribution in [-0.4, -0.2) is 54.4 Å². The quantitative estimate of drug-likeness (QED) is 0.502. The normalized spacial score (nSPS) is 17.6. The highest BCUT2D eigenvalue weighted by molar-refractivity contribution is 5.95. The van der Waals surface area contributed by atoms with Crippen LogP contribution in [0.2, 0.25) is 0 Å². The molecular formula is C29H35N5O2. The van der Waals surface area contributed by atoms with Gasteiger partial charge in [-0.25, -0.2) is 4.98 Å². The summed E-state index contributed by atoms with van der Waals surface area (Å²) in [7, 11) is 1.83. The highest BCUT2D eigenvalue weighted by atomic mass is 16.2. The minimum absolute atomic E-state index is 0.0853. The second kappa shape index (κ2) is 11.4. The van der Waals surface area contributed by atoms with Gasteiger partial charge in [0.2, 0.25) is 11.8 Å². The molecule has 3 atom stereocenters. The Hall–Kier alpha value is -3.71. The number of hydrogen-bond acceptors (Lipinski definition) is 5. The van der Waals surface area contributed by atoms with Gasteiger partial charge in [-0.1, -0.05) is 67.1 Å². The fourth-order valence-corrected chi connectivity index (χ4v) is 4.51. The molecule has 7 nitrogen and oxygen atoms in total. The van der Waals surface area contributed by atoms with Gasteiger partial charge < -0.3 is 20.4 Å². The number of carbonyl (C=O) groups is 2. The smallest absolute Gasteiger partial charge is 0.247 e. The number of aryl methyl sites for hydroxylation is 1. The summed E-state index contributed by atoms with van der Waals surface area (Å²) in [6.45, 7) is 7.97. The molecule has 2 heterocycles. The van der Waals surface area contributed by atoms with Gasteiger partial charge in [0.15, 0.2) is 0 Å². The van der Waals surface area contributed by atoms with Crippen molar-refractivity contribution in [3.8, 4) is 0 Å². The van der Waals surface area contributed by atoms with Gasteiger partial charge in [0.05, 0.1) is 18.4 Å². The van der Waals surface area contributed by atoms with Crippen LogP contribution < -0.4 is 15.5 Å². The zero-order valence-corrected chi connectivity index (χ0v) is 21.4. The third kappa shape index (κ3) is 6.10. The third-order valence-electron chi connectivity index (χ3n) is 6.80. The Balaban J connectivity index is 1.44. The first-order chi connectivity index (χ1) is 17.3. The van der Waals surface area contributed by atoms with Gasteiger partial charge >= 0.3 is 0 Å². The summed E-state index contributed by atoms with van der Waals surface area (Å²) in [6, 6.07) is 21.6. The maximum atomic E-state index is 13.4. The first kappa shape index (κ1) is 25.4. The molecule has 7 heteroatoms. The van der Waals surface area contributed by atoms with E-state index in [0.29, 0.717) is 25.5 Å². The summed E-state index contributed by atoms with van der Waals surface area (Å²) < 4.78 is 0. The van der Waals surface area contributed by atoms with E-state index in [1.165, 1.54) is 11.1 Å². The minimum atomic E-state index is -0.518. The van der Waals surface area contributed by atoms with Gasteiger partial charge in [0.1, 0.15) is 11.9 Å².